The predicted molar refractivity (Wildman–Crippen MR) is 71.9 cm³/mol. The maximum atomic E-state index is 12.1. The number of carbonyl (C=O) groups excluding carboxylic acids is 1. The summed E-state index contributed by atoms with van der Waals surface area (Å²) < 4.78 is 0. The van der Waals surface area contributed by atoms with Crippen molar-refractivity contribution in [1.29, 1.82) is 0 Å². The van der Waals surface area contributed by atoms with E-state index >= 15 is 0 Å². The lowest BCUT2D eigenvalue weighted by Crippen LogP contribution is -2.39. The average Bonchev–Trinajstić information content (AvgIpc) is 2.37. The summed E-state index contributed by atoms with van der Waals surface area (Å²) in [6.45, 7) is 3.40. The van der Waals surface area contributed by atoms with Crippen LogP contribution in [0.4, 0.5) is 5.82 Å². The molecule has 1 aromatic heterocycles. The van der Waals surface area contributed by atoms with Crippen molar-refractivity contribution in [2.24, 2.45) is 5.92 Å². The van der Waals surface area contributed by atoms with Gasteiger partial charge in [0.2, 0.25) is 0 Å². The Hall–Kier alpha value is -1.69. The van der Waals surface area contributed by atoms with Gasteiger partial charge in [0.05, 0.1) is 18.5 Å². The summed E-state index contributed by atoms with van der Waals surface area (Å²) >= 11 is 0. The van der Waals surface area contributed by atoms with Crippen LogP contribution in [0, 0.1) is 5.92 Å². The van der Waals surface area contributed by atoms with E-state index < -0.39 is 0 Å². The molecule has 1 aliphatic rings. The third-order valence-corrected chi connectivity index (χ3v) is 3.32. The molecule has 1 saturated carbocycles. The molecular weight excluding hydrogens is 244 g/mol. The zero-order valence-electron chi connectivity index (χ0n) is 11.3. The minimum Gasteiger partial charge on any atom is -0.393 e. The van der Waals surface area contributed by atoms with Crippen molar-refractivity contribution < 1.29 is 9.90 Å². The molecule has 1 aliphatic carbocycles. The Balaban J connectivity index is 1.90. The summed E-state index contributed by atoms with van der Waals surface area (Å²) in [6, 6.07) is 0. The molecule has 19 heavy (non-hydrogen) atoms. The third-order valence-electron chi connectivity index (χ3n) is 3.32. The fraction of sp³-hybridized carbons (Fsp3) is 0.615. The fourth-order valence-corrected chi connectivity index (χ4v) is 2.23. The first-order valence-corrected chi connectivity index (χ1v) is 6.59. The van der Waals surface area contributed by atoms with Crippen LogP contribution >= 0.6 is 0 Å². The van der Waals surface area contributed by atoms with E-state index in [1.165, 1.54) is 6.20 Å². The minimum atomic E-state index is -0.187. The van der Waals surface area contributed by atoms with Crippen LogP contribution in [0.25, 0.3) is 0 Å². The van der Waals surface area contributed by atoms with E-state index in [0.717, 1.165) is 19.4 Å². The smallest absolute Gasteiger partial charge is 0.273 e. The topological polar surface area (TPSA) is 78.4 Å². The van der Waals surface area contributed by atoms with Gasteiger partial charge in [-0.05, 0) is 25.7 Å². The number of aromatic nitrogens is 2. The maximum absolute atomic E-state index is 12.1. The minimum absolute atomic E-state index is 0.128. The van der Waals surface area contributed by atoms with Gasteiger partial charge in [-0.1, -0.05) is 0 Å². The van der Waals surface area contributed by atoms with Crippen LogP contribution in [-0.4, -0.2) is 52.1 Å². The highest BCUT2D eigenvalue weighted by molar-refractivity contribution is 5.91. The molecule has 1 aromatic rings. The zero-order valence-corrected chi connectivity index (χ0v) is 11.3. The van der Waals surface area contributed by atoms with Gasteiger partial charge in [-0.2, -0.15) is 0 Å². The lowest BCUT2D eigenvalue weighted by atomic mass is 9.82. The highest BCUT2D eigenvalue weighted by Gasteiger charge is 2.29. The molecule has 1 fully saturated rings. The highest BCUT2D eigenvalue weighted by Crippen LogP contribution is 2.27. The second-order valence-electron chi connectivity index (χ2n) is 4.99. The van der Waals surface area contributed by atoms with Gasteiger partial charge in [-0.15, -0.1) is 0 Å². The SMILES string of the molecule is CCNc1cnc(C(=O)N(C)CC2CC(O)C2)cn1. The number of anilines is 1. The number of hydrogen-bond donors (Lipinski definition) is 2. The molecule has 1 amide bonds. The molecule has 6 nitrogen and oxygen atoms in total. The molecule has 0 saturated heterocycles. The van der Waals surface area contributed by atoms with Gasteiger partial charge in [0.25, 0.3) is 5.91 Å². The number of nitrogens with zero attached hydrogens (tertiary/aromatic N) is 3. The van der Waals surface area contributed by atoms with Crippen molar-refractivity contribution in [3.8, 4) is 0 Å². The zero-order chi connectivity index (χ0) is 13.8. The molecule has 0 bridgehead atoms. The molecule has 2 rings (SSSR count). The van der Waals surface area contributed by atoms with Crippen molar-refractivity contribution in [3.63, 3.8) is 0 Å². The van der Waals surface area contributed by atoms with Crippen molar-refractivity contribution in [2.75, 3.05) is 25.5 Å². The maximum Gasteiger partial charge on any atom is 0.273 e. The number of hydrogen-bond acceptors (Lipinski definition) is 5. The highest BCUT2D eigenvalue weighted by atomic mass is 16.3. The van der Waals surface area contributed by atoms with E-state index in [4.69, 9.17) is 0 Å². The Bertz CT molecular complexity index is 429. The molecule has 1 heterocycles. The van der Waals surface area contributed by atoms with Crippen molar-refractivity contribution >= 4 is 11.7 Å². The molecule has 0 atom stereocenters. The molecular formula is C13H20N4O2. The summed E-state index contributed by atoms with van der Waals surface area (Å²) in [6.07, 6.45) is 4.43. The Morgan fingerprint density at radius 3 is 2.74 bits per heavy atom. The van der Waals surface area contributed by atoms with Crippen molar-refractivity contribution in [1.82, 2.24) is 14.9 Å². The van der Waals surface area contributed by atoms with Crippen LogP contribution in [0.1, 0.15) is 30.3 Å². The molecule has 0 spiro atoms. The second-order valence-corrected chi connectivity index (χ2v) is 4.99. The van der Waals surface area contributed by atoms with Gasteiger partial charge in [0, 0.05) is 20.1 Å². The normalized spacial score (nSPS) is 21.6. The van der Waals surface area contributed by atoms with E-state index in [-0.39, 0.29) is 12.0 Å². The molecule has 0 radical (unpaired) electrons. The Morgan fingerprint density at radius 2 is 2.21 bits per heavy atom. The first kappa shape index (κ1) is 13.7. The van der Waals surface area contributed by atoms with Crippen molar-refractivity contribution in [2.45, 2.75) is 25.9 Å². The predicted octanol–water partition coefficient (Wildman–Crippen LogP) is 0.751. The summed E-state index contributed by atoms with van der Waals surface area (Å²) in [5.74, 6) is 0.943. The van der Waals surface area contributed by atoms with Crippen molar-refractivity contribution in [3.05, 3.63) is 18.1 Å². The number of aliphatic hydroxyl groups is 1. The third kappa shape index (κ3) is 3.41. The van der Waals surface area contributed by atoms with Gasteiger partial charge in [0.1, 0.15) is 11.5 Å². The number of nitrogens with one attached hydrogen (secondary N) is 1. The van der Waals surface area contributed by atoms with Crippen LogP contribution in [0.3, 0.4) is 0 Å². The number of amides is 1. The Morgan fingerprint density at radius 1 is 1.47 bits per heavy atom. The van der Waals surface area contributed by atoms with Crippen LogP contribution in [0.5, 0.6) is 0 Å². The summed E-state index contributed by atoms with van der Waals surface area (Å²) in [5, 5.41) is 12.3. The number of rotatable bonds is 5. The van der Waals surface area contributed by atoms with Gasteiger partial charge in [-0.25, -0.2) is 9.97 Å². The first-order chi connectivity index (χ1) is 9.10. The van der Waals surface area contributed by atoms with E-state index in [0.29, 0.717) is 24.0 Å². The second kappa shape index (κ2) is 5.97. The first-order valence-electron chi connectivity index (χ1n) is 6.59. The molecule has 0 unspecified atom stereocenters. The van der Waals surface area contributed by atoms with Crippen LogP contribution in [-0.2, 0) is 0 Å². The molecule has 0 aliphatic heterocycles. The average molecular weight is 264 g/mol. The van der Waals surface area contributed by atoms with Crippen LogP contribution in [0.15, 0.2) is 12.4 Å². The molecule has 0 aromatic carbocycles. The fourth-order valence-electron chi connectivity index (χ4n) is 2.23. The molecule has 2 N–H and O–H groups in total. The van der Waals surface area contributed by atoms with E-state index in [1.54, 1.807) is 18.1 Å². The van der Waals surface area contributed by atoms with E-state index in [1.807, 2.05) is 6.92 Å². The van der Waals surface area contributed by atoms with Gasteiger partial charge in [-0.3, -0.25) is 4.79 Å². The molecule has 6 heteroatoms. The summed E-state index contributed by atoms with van der Waals surface area (Å²) in [5.41, 5.74) is 0.351. The van der Waals surface area contributed by atoms with Gasteiger partial charge < -0.3 is 15.3 Å². The van der Waals surface area contributed by atoms with Gasteiger partial charge >= 0.3 is 0 Å². The Labute approximate surface area is 112 Å². The lowest BCUT2D eigenvalue weighted by Gasteiger charge is -2.34. The van der Waals surface area contributed by atoms with E-state index in [9.17, 15) is 9.90 Å². The number of carbonyl (C=O) groups is 1. The standard InChI is InChI=1S/C13H20N4O2/c1-3-14-12-7-15-11(6-16-12)13(19)17(2)8-9-4-10(18)5-9/h6-7,9-10,18H,3-5,8H2,1-2H3,(H,14,16). The Kier molecular flexibility index (Phi) is 4.31. The van der Waals surface area contributed by atoms with Gasteiger partial charge in [0.15, 0.2) is 0 Å². The monoisotopic (exact) mass is 264 g/mol. The lowest BCUT2D eigenvalue weighted by molar-refractivity contribution is 0.0264. The van der Waals surface area contributed by atoms with Crippen LogP contribution in [0.2, 0.25) is 0 Å². The summed E-state index contributed by atoms with van der Waals surface area (Å²) in [4.78, 5) is 22.0. The number of aliphatic hydroxyl groups excluding tert-OH is 1. The largest absolute Gasteiger partial charge is 0.393 e. The van der Waals surface area contributed by atoms with Crippen LogP contribution < -0.4 is 5.32 Å². The summed E-state index contributed by atoms with van der Waals surface area (Å²) in [7, 11) is 1.76. The quantitative estimate of drug-likeness (QED) is 0.820. The van der Waals surface area contributed by atoms with E-state index in [2.05, 4.69) is 15.3 Å². The molecule has 104 valence electrons.